The van der Waals surface area contributed by atoms with Crippen molar-refractivity contribution in [1.82, 2.24) is 29.4 Å². The Morgan fingerprint density at radius 3 is 2.48 bits per heavy atom. The second-order valence-electron chi connectivity index (χ2n) is 9.68. The number of nitrogens with zero attached hydrogens (tertiary/aromatic N) is 6. The predicted molar refractivity (Wildman–Crippen MR) is 122 cm³/mol. The van der Waals surface area contributed by atoms with Crippen LogP contribution in [-0.4, -0.2) is 89.9 Å². The monoisotopic (exact) mass is 575 g/mol. The van der Waals surface area contributed by atoms with Crippen molar-refractivity contribution in [3.63, 3.8) is 0 Å². The Morgan fingerprint density at radius 1 is 1.12 bits per heavy atom. The van der Waals surface area contributed by atoms with Gasteiger partial charge in [-0.25, -0.2) is 13.9 Å². The number of amides is 2. The van der Waals surface area contributed by atoms with Gasteiger partial charge in [-0.1, -0.05) is 0 Å². The van der Waals surface area contributed by atoms with Crippen molar-refractivity contribution in [2.45, 2.75) is 43.5 Å². The second-order valence-corrected chi connectivity index (χ2v) is 9.68. The number of carbonyl (C=O) groups excluding carboxylic acids is 2. The highest BCUT2D eigenvalue weighted by Crippen LogP contribution is 2.39. The Bertz CT molecular complexity index is 1520. The van der Waals surface area contributed by atoms with Gasteiger partial charge in [-0.15, -0.1) is 0 Å². The van der Waals surface area contributed by atoms with E-state index in [1.54, 1.807) is 0 Å². The van der Waals surface area contributed by atoms with Crippen LogP contribution in [0.3, 0.4) is 0 Å². The third-order valence-corrected chi connectivity index (χ3v) is 7.11. The summed E-state index contributed by atoms with van der Waals surface area (Å²) in [6.45, 7) is -1.19. The number of fused-ring (bicyclic) bond motifs is 2. The number of hydrogen-bond donors (Lipinski definition) is 2. The van der Waals surface area contributed by atoms with Crippen molar-refractivity contribution < 1.29 is 45.4 Å². The van der Waals surface area contributed by atoms with Gasteiger partial charge in [-0.05, 0) is 19.1 Å². The number of rotatable bonds is 3. The summed E-state index contributed by atoms with van der Waals surface area (Å²) in [5, 5.41) is 13.6. The van der Waals surface area contributed by atoms with Gasteiger partial charge in [0.2, 0.25) is 5.60 Å². The maximum Gasteiger partial charge on any atom is 0.426 e. The van der Waals surface area contributed by atoms with Crippen LogP contribution in [0.2, 0.25) is 0 Å². The Balaban J connectivity index is 1.47. The molecule has 0 radical (unpaired) electrons. The first-order valence-electron chi connectivity index (χ1n) is 11.7. The normalized spacial score (nSPS) is 21.6. The molecule has 40 heavy (non-hydrogen) atoms. The first-order chi connectivity index (χ1) is 18.5. The SMILES string of the molecule is CC(O)(C(=O)N1CC(F)C(N2CCc3ncc(-c4cc(C(F)(F)F)c5c(N)ncnn45)cc3C2=O)C1)C(F)(F)F. The number of aromatic nitrogens is 4. The third-order valence-electron chi connectivity index (χ3n) is 7.11. The number of carbonyl (C=O) groups is 2. The number of aliphatic hydroxyl groups is 1. The van der Waals surface area contributed by atoms with Crippen molar-refractivity contribution in [3.05, 3.63) is 41.5 Å². The number of hydrogen-bond acceptors (Lipinski definition) is 7. The fourth-order valence-corrected chi connectivity index (χ4v) is 4.94. The second kappa shape index (κ2) is 9.00. The van der Waals surface area contributed by atoms with Crippen molar-refractivity contribution >= 4 is 23.1 Å². The molecule has 3 aromatic heterocycles. The number of halogens is 7. The number of anilines is 1. The Kier molecular flexibility index (Phi) is 6.20. The average molecular weight is 575 g/mol. The lowest BCUT2D eigenvalue weighted by Crippen LogP contribution is -2.56. The first kappa shape index (κ1) is 27.5. The Hall–Kier alpha value is -4.02. The molecule has 0 spiro atoms. The van der Waals surface area contributed by atoms with E-state index >= 15 is 0 Å². The van der Waals surface area contributed by atoms with Crippen LogP contribution in [0.1, 0.15) is 28.5 Å². The smallest absolute Gasteiger partial charge is 0.382 e. The van der Waals surface area contributed by atoms with Gasteiger partial charge in [-0.3, -0.25) is 14.6 Å². The maximum atomic E-state index is 15.0. The molecule has 1 fully saturated rings. The van der Waals surface area contributed by atoms with Crippen LogP contribution < -0.4 is 5.73 Å². The largest absolute Gasteiger partial charge is 0.426 e. The van der Waals surface area contributed by atoms with Crippen LogP contribution in [0.5, 0.6) is 0 Å². The molecule has 5 heterocycles. The van der Waals surface area contributed by atoms with Gasteiger partial charge in [-0.2, -0.15) is 31.4 Å². The Labute approximate surface area is 220 Å². The molecule has 2 amide bonds. The molecule has 214 valence electrons. The molecule has 3 unspecified atom stereocenters. The van der Waals surface area contributed by atoms with E-state index in [0.717, 1.165) is 21.8 Å². The highest BCUT2D eigenvalue weighted by atomic mass is 19.4. The lowest BCUT2D eigenvalue weighted by atomic mass is 9.99. The lowest BCUT2D eigenvalue weighted by molar-refractivity contribution is -0.249. The summed E-state index contributed by atoms with van der Waals surface area (Å²) >= 11 is 0. The van der Waals surface area contributed by atoms with E-state index in [2.05, 4.69) is 15.1 Å². The van der Waals surface area contributed by atoms with Gasteiger partial charge < -0.3 is 20.6 Å². The molecule has 3 N–H and O–H groups in total. The zero-order valence-electron chi connectivity index (χ0n) is 20.5. The van der Waals surface area contributed by atoms with Gasteiger partial charge in [0.05, 0.1) is 35.1 Å². The minimum atomic E-state index is -5.31. The molecule has 17 heteroatoms. The van der Waals surface area contributed by atoms with Crippen LogP contribution in [0, 0.1) is 0 Å². The summed E-state index contributed by atoms with van der Waals surface area (Å²) in [7, 11) is 0. The van der Waals surface area contributed by atoms with Gasteiger partial charge in [0, 0.05) is 31.3 Å². The molecule has 0 saturated carbocycles. The van der Waals surface area contributed by atoms with Crippen LogP contribution >= 0.6 is 0 Å². The van der Waals surface area contributed by atoms with E-state index in [4.69, 9.17) is 5.73 Å². The van der Waals surface area contributed by atoms with E-state index in [1.165, 1.54) is 12.3 Å². The zero-order valence-corrected chi connectivity index (χ0v) is 20.5. The standard InChI is InChI=1S/C23H20F7N7O3/c1-21(40,23(28,29)30)20(39)35-7-13(24)16(8-35)36-3-2-14-11(19(36)38)4-10(6-32-14)15-5-12(22(25,26)27)17-18(31)33-9-34-37(15)17/h4-6,9,13,16,40H,2-3,7-8H2,1H3,(H2,31,33,34). The van der Waals surface area contributed by atoms with Crippen LogP contribution in [-0.2, 0) is 17.4 Å². The van der Waals surface area contributed by atoms with Gasteiger partial charge in [0.15, 0.2) is 5.82 Å². The van der Waals surface area contributed by atoms with E-state index < -0.39 is 72.0 Å². The minimum Gasteiger partial charge on any atom is -0.382 e. The molecule has 0 aromatic carbocycles. The molecule has 5 rings (SSSR count). The zero-order chi connectivity index (χ0) is 29.4. The van der Waals surface area contributed by atoms with Gasteiger partial charge in [0.1, 0.15) is 18.0 Å². The van der Waals surface area contributed by atoms with Crippen LogP contribution in [0.15, 0.2) is 24.7 Å². The summed E-state index contributed by atoms with van der Waals surface area (Å²) in [4.78, 5) is 35.1. The summed E-state index contributed by atoms with van der Waals surface area (Å²) < 4.78 is 96.4. The van der Waals surface area contributed by atoms with E-state index in [-0.39, 0.29) is 42.4 Å². The van der Waals surface area contributed by atoms with Crippen molar-refractivity contribution in [3.8, 4) is 11.3 Å². The van der Waals surface area contributed by atoms with Crippen LogP contribution in [0.25, 0.3) is 16.8 Å². The number of alkyl halides is 7. The highest BCUT2D eigenvalue weighted by Gasteiger charge is 2.58. The van der Waals surface area contributed by atoms with Crippen molar-refractivity contribution in [2.75, 3.05) is 25.4 Å². The van der Waals surface area contributed by atoms with Gasteiger partial charge >= 0.3 is 12.4 Å². The number of nitrogens with two attached hydrogens (primary N) is 1. The first-order valence-corrected chi connectivity index (χ1v) is 11.7. The van der Waals surface area contributed by atoms with Crippen LogP contribution in [0.4, 0.5) is 36.6 Å². The number of pyridine rings is 1. The molecule has 1 saturated heterocycles. The number of likely N-dealkylation sites (tertiary alicyclic amines) is 1. The fourth-order valence-electron chi connectivity index (χ4n) is 4.94. The van der Waals surface area contributed by atoms with E-state index in [0.29, 0.717) is 4.90 Å². The third kappa shape index (κ3) is 4.28. The number of nitrogen functional groups attached to an aromatic ring is 1. The van der Waals surface area contributed by atoms with E-state index in [1.807, 2.05) is 0 Å². The fraction of sp³-hybridized carbons (Fsp3) is 0.435. The summed E-state index contributed by atoms with van der Waals surface area (Å²) in [5.41, 5.74) is 0.474. The summed E-state index contributed by atoms with van der Waals surface area (Å²) in [6.07, 6.45) is -9.73. The highest BCUT2D eigenvalue weighted by molar-refractivity contribution is 5.98. The molecule has 3 atom stereocenters. The summed E-state index contributed by atoms with van der Waals surface area (Å²) in [5.74, 6) is -2.95. The molecule has 2 aliphatic heterocycles. The Morgan fingerprint density at radius 2 is 1.82 bits per heavy atom. The summed E-state index contributed by atoms with van der Waals surface area (Å²) in [6, 6.07) is 0.714. The molecular weight excluding hydrogens is 555 g/mol. The molecule has 0 bridgehead atoms. The molecule has 3 aromatic rings. The average Bonchev–Trinajstić information content (AvgIpc) is 3.45. The lowest BCUT2D eigenvalue weighted by Gasteiger charge is -2.34. The molecular formula is C23H20F7N7O3. The predicted octanol–water partition coefficient (Wildman–Crippen LogP) is 2.25. The maximum absolute atomic E-state index is 15.0. The van der Waals surface area contributed by atoms with Gasteiger partial charge in [0.25, 0.3) is 11.8 Å². The van der Waals surface area contributed by atoms with Crippen molar-refractivity contribution in [2.24, 2.45) is 0 Å². The molecule has 0 aliphatic carbocycles. The minimum absolute atomic E-state index is 0.0544. The van der Waals surface area contributed by atoms with E-state index in [9.17, 15) is 45.4 Å². The quantitative estimate of drug-likeness (QED) is 0.459. The molecule has 10 nitrogen and oxygen atoms in total. The van der Waals surface area contributed by atoms with Crippen molar-refractivity contribution in [1.29, 1.82) is 0 Å². The topological polar surface area (TPSA) is 130 Å². The molecule has 2 aliphatic rings.